The second kappa shape index (κ2) is 40.0. The van der Waals surface area contributed by atoms with E-state index in [1.165, 1.54) is 89.0 Å². The van der Waals surface area contributed by atoms with Gasteiger partial charge in [-0.3, -0.25) is 24.6 Å². The molecule has 12 heterocycles. The van der Waals surface area contributed by atoms with E-state index in [-0.39, 0.29) is 80.4 Å². The number of imidazole rings is 2. The molecule has 0 unspecified atom stereocenters. The molecular formula is C106H84Ir4N12O4S4-4. The third kappa shape index (κ3) is 18.1. The normalized spacial score (nSPS) is 11.1. The van der Waals surface area contributed by atoms with Gasteiger partial charge in [-0.25, -0.2) is 4.37 Å². The molecule has 22 rings (SSSR count). The van der Waals surface area contributed by atoms with E-state index in [9.17, 15) is 0 Å². The van der Waals surface area contributed by atoms with E-state index < -0.39 is 0 Å². The molecule has 4 radical (unpaired) electrons. The number of aromatic nitrogens is 12. The molecule has 0 bridgehead atoms. The fraction of sp³-hybridized carbons (Fsp3) is 0.132. The SMILES string of the molecule is Cc1cc(C)c(-n2c(Cc3ccccc3)nnc2-c2[c-]ccc3c(-c4cccs4)c(-c4cccs4)oc23)c(C)c1.Cc1cc(C)c(-n2ccnc2-c2[c-]ccc3c(-c4ccccc4)nsc23)c(C)c1.Cc1cc(C)c(-n2ccnc2-c2[c-]ccc3nc(C)sc23)c(C)c1.Cc1cc(C)c(-n2ncnc2-c2[c-]ccc3c(-c4ccco4)c(-c4ccco4)oc23)c(C)c1.[Ir].[Ir].[Ir].[Ir]. The standard InChI is InChI=1S/C34H26N3OS2.C27H20N3O3.C25H20N3S.C20H18N3S.4Ir/c1-21-18-22(2)31(23(3)19-21)37-29(20-24-10-5-4-6-11-24)35-36-34(37)26-13-7-12-25-30(27-14-8-16-39-27)33(38-32(25)26)28-15-9-17-40-28;1-16-13-17(2)24(18(3)14-16)30-27(28-15-29-30)20-8-4-7-19-23(21-9-5-11-31-21)26(33-25(19)20)22-10-6-12-32-22;1-16-14-17(2)23(18(3)15-16)28-13-12-26-25(28)21-11-7-10-20-22(27-29-24(20)21)19-8-5-4-6-9-19;1-12-10-13(2)18(14(3)11-12)23-9-8-21-20(23)16-6-5-7-17-19(16)24-15(4)22-17;;;;/h4-12,14-19H,20H2,1-3H3;4-7,9-15H,1-3H3;4-10,12-15H,1-3H3;5,7-11H,1-4H3;;;;/q4*-1;;;;. The van der Waals surface area contributed by atoms with Crippen molar-refractivity contribution in [1.82, 2.24) is 58.0 Å². The molecule has 12 aromatic heterocycles. The molecule has 16 nitrogen and oxygen atoms in total. The van der Waals surface area contributed by atoms with Crippen molar-refractivity contribution in [3.05, 3.63) is 368 Å². The molecule has 0 aliphatic heterocycles. The predicted octanol–water partition coefficient (Wildman–Crippen LogP) is 28.1. The number of hydrogen-bond acceptors (Lipinski definition) is 16. The van der Waals surface area contributed by atoms with Gasteiger partial charge in [0.2, 0.25) is 0 Å². The minimum Gasteiger partial charge on any atom is -0.499 e. The van der Waals surface area contributed by atoms with Crippen LogP contribution in [0.2, 0.25) is 0 Å². The third-order valence-corrected chi connectivity index (χ3v) is 26.0. The Bertz CT molecular complexity index is 7660. The molecular weight excluding hydrogens is 2400 g/mol. The number of thiazole rings is 1. The van der Waals surface area contributed by atoms with E-state index in [1.54, 1.807) is 52.9 Å². The summed E-state index contributed by atoms with van der Waals surface area (Å²) in [6.07, 6.45) is 13.3. The van der Waals surface area contributed by atoms with E-state index in [1.807, 2.05) is 121 Å². The van der Waals surface area contributed by atoms with Crippen LogP contribution < -0.4 is 0 Å². The summed E-state index contributed by atoms with van der Waals surface area (Å²) >= 11 is 6.61. The predicted molar refractivity (Wildman–Crippen MR) is 511 cm³/mol. The van der Waals surface area contributed by atoms with Crippen molar-refractivity contribution in [2.75, 3.05) is 0 Å². The van der Waals surface area contributed by atoms with Crippen molar-refractivity contribution >= 4 is 87.8 Å². The van der Waals surface area contributed by atoms with E-state index in [4.69, 9.17) is 37.2 Å². The van der Waals surface area contributed by atoms with Crippen molar-refractivity contribution in [2.45, 2.75) is 96.4 Å². The number of hydrogen-bond donors (Lipinski definition) is 0. The number of furan rings is 4. The number of fused-ring (bicyclic) bond motifs is 4. The summed E-state index contributed by atoms with van der Waals surface area (Å²) in [7, 11) is 0. The Morgan fingerprint density at radius 1 is 0.408 bits per heavy atom. The van der Waals surface area contributed by atoms with Gasteiger partial charge in [-0.05, 0) is 202 Å². The number of benzene rings is 10. The first-order chi connectivity index (χ1) is 61.4. The Morgan fingerprint density at radius 2 is 0.892 bits per heavy atom. The van der Waals surface area contributed by atoms with Crippen LogP contribution in [0, 0.1) is 114 Å². The van der Waals surface area contributed by atoms with Gasteiger partial charge in [0.1, 0.15) is 23.7 Å². The van der Waals surface area contributed by atoms with Gasteiger partial charge in [-0.15, -0.1) is 101 Å². The summed E-state index contributed by atoms with van der Waals surface area (Å²) in [6.45, 7) is 27.6. The van der Waals surface area contributed by atoms with Crippen LogP contribution in [0.3, 0.4) is 0 Å². The first kappa shape index (κ1) is 93.0. The summed E-state index contributed by atoms with van der Waals surface area (Å²) in [5.41, 5.74) is 30.3. The van der Waals surface area contributed by atoms with Crippen LogP contribution in [-0.2, 0) is 86.8 Å². The van der Waals surface area contributed by atoms with Crippen LogP contribution >= 0.6 is 45.5 Å². The summed E-state index contributed by atoms with van der Waals surface area (Å²) in [5.74, 6) is 6.88. The molecule has 0 aliphatic rings. The molecule has 0 spiro atoms. The van der Waals surface area contributed by atoms with Gasteiger partial charge >= 0.3 is 0 Å². The summed E-state index contributed by atoms with van der Waals surface area (Å²) in [4.78, 5) is 20.8. The van der Waals surface area contributed by atoms with Crippen LogP contribution in [0.15, 0.2) is 278 Å². The molecule has 0 atom stereocenters. The van der Waals surface area contributed by atoms with Crippen LogP contribution in [-0.4, -0.2) is 58.0 Å². The van der Waals surface area contributed by atoms with Crippen molar-refractivity contribution < 1.29 is 98.1 Å². The van der Waals surface area contributed by atoms with E-state index >= 15 is 0 Å². The molecule has 0 amide bonds. The Morgan fingerprint density at radius 3 is 1.44 bits per heavy atom. The van der Waals surface area contributed by atoms with E-state index in [0.717, 1.165) is 143 Å². The minimum atomic E-state index is 0. The molecule has 22 aromatic rings. The second-order valence-corrected chi connectivity index (χ2v) is 35.5. The molecule has 0 N–H and O–H groups in total. The number of nitrogens with zero attached hydrogens (tertiary/aromatic N) is 12. The van der Waals surface area contributed by atoms with Crippen molar-refractivity contribution in [2.24, 2.45) is 0 Å². The van der Waals surface area contributed by atoms with Crippen LogP contribution in [0.5, 0.6) is 0 Å². The maximum atomic E-state index is 6.76. The van der Waals surface area contributed by atoms with Crippen LogP contribution in [0.25, 0.3) is 166 Å². The first-order valence-electron chi connectivity index (χ1n) is 41.4. The number of rotatable bonds is 15. The third-order valence-electron chi connectivity index (χ3n) is 22.4. The Balaban J connectivity index is 0.000000134. The molecule has 656 valence electrons. The van der Waals surface area contributed by atoms with Crippen LogP contribution in [0.4, 0.5) is 0 Å². The monoisotopic (exact) mass is 2490 g/mol. The second-order valence-electron chi connectivity index (χ2n) is 31.7. The number of thiophene rings is 2. The zero-order valence-corrected chi connectivity index (χ0v) is 85.8. The zero-order chi connectivity index (χ0) is 86.5. The maximum Gasteiger partial charge on any atom is 0.168 e. The molecule has 130 heavy (non-hydrogen) atoms. The summed E-state index contributed by atoms with van der Waals surface area (Å²) in [5, 5.41) is 22.5. The van der Waals surface area contributed by atoms with Gasteiger partial charge < -0.3 is 31.4 Å². The average Bonchev–Trinajstić information content (AvgIpc) is 1.59. The summed E-state index contributed by atoms with van der Waals surface area (Å²) in [6, 6.07) is 83.8. The topological polar surface area (TPSA) is 175 Å². The Kier molecular flexibility index (Phi) is 28.6. The number of aryl methyl sites for hydroxylation is 13. The Labute approximate surface area is 823 Å². The molecule has 0 saturated carbocycles. The van der Waals surface area contributed by atoms with Crippen molar-refractivity contribution in [3.8, 4) is 123 Å². The molecule has 0 aliphatic carbocycles. The van der Waals surface area contributed by atoms with Gasteiger partial charge in [-0.1, -0.05) is 194 Å². The summed E-state index contributed by atoms with van der Waals surface area (Å²) < 4.78 is 40.0. The van der Waals surface area contributed by atoms with E-state index in [0.29, 0.717) is 35.1 Å². The minimum absolute atomic E-state index is 0. The maximum absolute atomic E-state index is 6.76. The molecule has 24 heteroatoms. The first-order valence-corrected chi connectivity index (χ1v) is 44.7. The zero-order valence-electron chi connectivity index (χ0n) is 73.0. The van der Waals surface area contributed by atoms with Gasteiger partial charge in [0.05, 0.1) is 73.8 Å². The van der Waals surface area contributed by atoms with Gasteiger partial charge in [0, 0.05) is 145 Å². The van der Waals surface area contributed by atoms with Crippen LogP contribution in [0.1, 0.15) is 83.2 Å². The molecule has 0 fully saturated rings. The van der Waals surface area contributed by atoms with Gasteiger partial charge in [-0.2, -0.15) is 21.5 Å². The van der Waals surface area contributed by atoms with Gasteiger partial charge in [0.15, 0.2) is 11.5 Å². The van der Waals surface area contributed by atoms with Crippen molar-refractivity contribution in [1.29, 1.82) is 0 Å². The average molecular weight is 2490 g/mol. The largest absolute Gasteiger partial charge is 0.499 e. The fourth-order valence-corrected chi connectivity index (χ4v) is 20.9. The fourth-order valence-electron chi connectivity index (χ4n) is 17.7. The quantitative estimate of drug-likeness (QED) is 0.0890. The van der Waals surface area contributed by atoms with E-state index in [2.05, 4.69) is 273 Å². The van der Waals surface area contributed by atoms with Crippen molar-refractivity contribution in [3.63, 3.8) is 0 Å². The molecule has 0 saturated heterocycles. The molecule has 10 aromatic carbocycles. The Hall–Kier alpha value is -11.7. The smallest absolute Gasteiger partial charge is 0.168 e. The van der Waals surface area contributed by atoms with Gasteiger partial charge in [0.25, 0.3) is 0 Å².